The van der Waals surface area contributed by atoms with Crippen molar-refractivity contribution in [2.45, 2.75) is 90.8 Å². The molecular formula is C19H36OSi. The molecule has 0 spiro atoms. The summed E-state index contributed by atoms with van der Waals surface area (Å²) in [6, 6.07) is 0. The second-order valence-corrected chi connectivity index (χ2v) is 11.2. The lowest BCUT2D eigenvalue weighted by Gasteiger charge is -2.16. The summed E-state index contributed by atoms with van der Waals surface area (Å²) in [7, 11) is -1.28. The highest BCUT2D eigenvalue weighted by Crippen LogP contribution is 2.10. The van der Waals surface area contributed by atoms with Crippen LogP contribution >= 0.6 is 0 Å². The van der Waals surface area contributed by atoms with Gasteiger partial charge in [0.25, 0.3) is 0 Å². The molecule has 0 saturated heterocycles. The van der Waals surface area contributed by atoms with Crippen LogP contribution in [0.2, 0.25) is 19.6 Å². The van der Waals surface area contributed by atoms with E-state index in [1.54, 1.807) is 0 Å². The summed E-state index contributed by atoms with van der Waals surface area (Å²) in [5.41, 5.74) is 0. The van der Waals surface area contributed by atoms with Crippen LogP contribution in [0.4, 0.5) is 0 Å². The van der Waals surface area contributed by atoms with Crippen molar-refractivity contribution in [3.63, 3.8) is 0 Å². The molecule has 2 heteroatoms. The molecule has 0 aliphatic carbocycles. The van der Waals surface area contributed by atoms with E-state index < -0.39 is 8.32 Å². The monoisotopic (exact) mass is 308 g/mol. The summed E-state index contributed by atoms with van der Waals surface area (Å²) in [6.07, 6.45) is 17.0. The Morgan fingerprint density at radius 3 is 2.14 bits per heavy atom. The molecule has 0 bridgehead atoms. The molecule has 0 aliphatic rings. The third kappa shape index (κ3) is 19.5. The van der Waals surface area contributed by atoms with Crippen molar-refractivity contribution in [1.82, 2.24) is 0 Å². The second kappa shape index (κ2) is 14.4. The van der Waals surface area contributed by atoms with Crippen molar-refractivity contribution < 1.29 is 4.43 Å². The van der Waals surface area contributed by atoms with Crippen molar-refractivity contribution in [2.24, 2.45) is 0 Å². The van der Waals surface area contributed by atoms with Crippen molar-refractivity contribution in [2.75, 3.05) is 6.61 Å². The molecule has 0 fully saturated rings. The molecule has 0 radical (unpaired) electrons. The highest BCUT2D eigenvalue weighted by molar-refractivity contribution is 6.69. The van der Waals surface area contributed by atoms with Crippen LogP contribution in [0.15, 0.2) is 12.2 Å². The molecule has 1 nitrogen and oxygen atoms in total. The van der Waals surface area contributed by atoms with E-state index in [2.05, 4.69) is 44.5 Å². The minimum absolute atomic E-state index is 0.972. The third-order valence-corrected chi connectivity index (χ3v) is 4.30. The molecule has 0 aliphatic heterocycles. The Hall–Kier alpha value is -0.523. The number of hydrogen-bond donors (Lipinski definition) is 0. The Bertz CT molecular complexity index is 304. The van der Waals surface area contributed by atoms with E-state index in [1.807, 2.05) is 6.08 Å². The summed E-state index contributed by atoms with van der Waals surface area (Å²) < 4.78 is 5.86. The van der Waals surface area contributed by atoms with Gasteiger partial charge in [-0.2, -0.15) is 0 Å². The average molecular weight is 309 g/mol. The van der Waals surface area contributed by atoms with Gasteiger partial charge < -0.3 is 4.43 Å². The zero-order valence-corrected chi connectivity index (χ0v) is 15.8. The molecule has 0 amide bonds. The molecule has 0 N–H and O–H groups in total. The summed E-state index contributed by atoms with van der Waals surface area (Å²) in [5, 5.41) is 0. The highest BCUT2D eigenvalue weighted by Gasteiger charge is 2.12. The Balaban J connectivity index is 3.18. The van der Waals surface area contributed by atoms with Crippen LogP contribution in [0.25, 0.3) is 0 Å². The van der Waals surface area contributed by atoms with Crippen LogP contribution < -0.4 is 0 Å². The average Bonchev–Trinajstić information content (AvgIpc) is 2.42. The molecule has 0 unspecified atom stereocenters. The van der Waals surface area contributed by atoms with Gasteiger partial charge in [0.15, 0.2) is 8.32 Å². The van der Waals surface area contributed by atoms with Crippen molar-refractivity contribution >= 4 is 8.32 Å². The molecule has 0 rings (SSSR count). The predicted octanol–water partition coefficient (Wildman–Crippen LogP) is 6.32. The summed E-state index contributed by atoms with van der Waals surface area (Å²) >= 11 is 0. The molecule has 0 aromatic carbocycles. The van der Waals surface area contributed by atoms with Gasteiger partial charge in [-0.15, -0.1) is 0 Å². The fourth-order valence-electron chi connectivity index (χ4n) is 2.02. The van der Waals surface area contributed by atoms with E-state index in [0.29, 0.717) is 0 Å². The van der Waals surface area contributed by atoms with Crippen molar-refractivity contribution in [1.29, 1.82) is 0 Å². The first-order valence-corrected chi connectivity index (χ1v) is 12.2. The highest BCUT2D eigenvalue weighted by atomic mass is 28.4. The minimum Gasteiger partial charge on any atom is -0.418 e. The Labute approximate surface area is 134 Å². The number of rotatable bonds is 12. The van der Waals surface area contributed by atoms with Gasteiger partial charge in [0, 0.05) is 13.0 Å². The van der Waals surface area contributed by atoms with Crippen LogP contribution in [0.5, 0.6) is 0 Å². The van der Waals surface area contributed by atoms with Gasteiger partial charge >= 0.3 is 0 Å². The van der Waals surface area contributed by atoms with E-state index >= 15 is 0 Å². The van der Waals surface area contributed by atoms with Crippen molar-refractivity contribution in [3.8, 4) is 11.8 Å². The summed E-state index contributed by atoms with van der Waals surface area (Å²) in [6.45, 7) is 9.92. The summed E-state index contributed by atoms with van der Waals surface area (Å²) in [5.74, 6) is 6.22. The Morgan fingerprint density at radius 1 is 0.905 bits per heavy atom. The minimum atomic E-state index is -1.28. The lowest BCUT2D eigenvalue weighted by atomic mass is 10.1. The predicted molar refractivity (Wildman–Crippen MR) is 98.1 cm³/mol. The normalized spacial score (nSPS) is 11.6. The number of unbranched alkanes of at least 4 members (excludes halogenated alkanes) is 8. The Morgan fingerprint density at radius 2 is 1.52 bits per heavy atom. The van der Waals surface area contributed by atoms with Gasteiger partial charge in [-0.3, -0.25) is 0 Å². The first-order valence-electron chi connectivity index (χ1n) is 8.83. The quantitative estimate of drug-likeness (QED) is 0.233. The van der Waals surface area contributed by atoms with Crippen LogP contribution in [-0.4, -0.2) is 14.9 Å². The SMILES string of the molecule is CCCC#C/C=C/CCCCCCCCCO[Si](C)(C)C. The zero-order chi connectivity index (χ0) is 15.8. The molecular weight excluding hydrogens is 272 g/mol. The lowest BCUT2D eigenvalue weighted by molar-refractivity contribution is 0.298. The molecule has 122 valence electrons. The molecule has 0 aromatic heterocycles. The van der Waals surface area contributed by atoms with Gasteiger partial charge in [-0.05, 0) is 51.4 Å². The maximum absolute atomic E-state index is 5.86. The van der Waals surface area contributed by atoms with Gasteiger partial charge in [0.05, 0.1) is 0 Å². The van der Waals surface area contributed by atoms with Crippen LogP contribution in [0.3, 0.4) is 0 Å². The molecule has 0 heterocycles. The standard InChI is InChI=1S/C19H36OSi/c1-5-6-7-8-9-10-11-12-13-14-15-16-17-18-19-20-21(2,3)4/h9-10H,5-6,11-19H2,1-4H3/b10-9+. The first-order chi connectivity index (χ1) is 10.1. The van der Waals surface area contributed by atoms with Gasteiger partial charge in [0.2, 0.25) is 0 Å². The molecule has 0 aromatic rings. The van der Waals surface area contributed by atoms with Gasteiger partial charge in [0.1, 0.15) is 0 Å². The van der Waals surface area contributed by atoms with Crippen LogP contribution in [0, 0.1) is 11.8 Å². The van der Waals surface area contributed by atoms with Crippen LogP contribution in [0.1, 0.15) is 71.1 Å². The van der Waals surface area contributed by atoms with E-state index in [1.165, 1.54) is 51.4 Å². The largest absolute Gasteiger partial charge is 0.418 e. The van der Waals surface area contributed by atoms with E-state index in [-0.39, 0.29) is 0 Å². The van der Waals surface area contributed by atoms with Crippen LogP contribution in [-0.2, 0) is 4.43 Å². The molecule has 0 atom stereocenters. The third-order valence-electron chi connectivity index (χ3n) is 3.23. The van der Waals surface area contributed by atoms with E-state index in [9.17, 15) is 0 Å². The van der Waals surface area contributed by atoms with E-state index in [4.69, 9.17) is 4.43 Å². The summed E-state index contributed by atoms with van der Waals surface area (Å²) in [4.78, 5) is 0. The molecule has 0 saturated carbocycles. The number of hydrogen-bond acceptors (Lipinski definition) is 1. The Kier molecular flexibility index (Phi) is 14.1. The fraction of sp³-hybridized carbons (Fsp3) is 0.789. The second-order valence-electron chi connectivity index (χ2n) is 6.70. The topological polar surface area (TPSA) is 9.23 Å². The number of allylic oxidation sites excluding steroid dienone is 2. The first kappa shape index (κ1) is 20.5. The maximum Gasteiger partial charge on any atom is 0.183 e. The van der Waals surface area contributed by atoms with Gasteiger partial charge in [-0.25, -0.2) is 0 Å². The zero-order valence-electron chi connectivity index (χ0n) is 14.8. The lowest BCUT2D eigenvalue weighted by Crippen LogP contribution is -2.25. The van der Waals surface area contributed by atoms with Gasteiger partial charge in [-0.1, -0.05) is 56.9 Å². The van der Waals surface area contributed by atoms with Crippen molar-refractivity contribution in [3.05, 3.63) is 12.2 Å². The molecule has 21 heavy (non-hydrogen) atoms. The smallest absolute Gasteiger partial charge is 0.183 e. The van der Waals surface area contributed by atoms with E-state index in [0.717, 1.165) is 19.4 Å². The maximum atomic E-state index is 5.86. The fourth-order valence-corrected chi connectivity index (χ4v) is 2.78.